The summed E-state index contributed by atoms with van der Waals surface area (Å²) in [6.07, 6.45) is 7.64. The van der Waals surface area contributed by atoms with Crippen molar-refractivity contribution in [1.82, 2.24) is 29.6 Å². The highest BCUT2D eigenvalue weighted by molar-refractivity contribution is 5.83. The summed E-state index contributed by atoms with van der Waals surface area (Å²) in [6.45, 7) is 5.14. The second-order valence-electron chi connectivity index (χ2n) is 5.64. The predicted molar refractivity (Wildman–Crippen MR) is 76.6 cm³/mol. The van der Waals surface area contributed by atoms with Gasteiger partial charge in [0.2, 0.25) is 5.91 Å². The van der Waals surface area contributed by atoms with E-state index in [-0.39, 0.29) is 12.0 Å². The molecule has 1 amide bonds. The lowest BCUT2D eigenvalue weighted by Crippen LogP contribution is -2.51. The van der Waals surface area contributed by atoms with E-state index in [4.69, 9.17) is 4.74 Å². The van der Waals surface area contributed by atoms with Gasteiger partial charge in [-0.2, -0.15) is 5.10 Å². The largest absolute Gasteiger partial charge is 0.368 e. The molecule has 1 aliphatic rings. The van der Waals surface area contributed by atoms with E-state index in [1.165, 1.54) is 6.33 Å². The summed E-state index contributed by atoms with van der Waals surface area (Å²) in [5.74, 6) is -0.0183. The van der Waals surface area contributed by atoms with Gasteiger partial charge in [-0.25, -0.2) is 9.67 Å². The third-order valence-electron chi connectivity index (χ3n) is 3.78. The van der Waals surface area contributed by atoms with E-state index in [1.807, 2.05) is 13.8 Å². The number of nitrogens with zero attached hydrogens (tertiary/aromatic N) is 6. The van der Waals surface area contributed by atoms with E-state index in [0.29, 0.717) is 19.7 Å². The maximum Gasteiger partial charge on any atom is 0.250 e. The Hall–Kier alpha value is -2.35. The summed E-state index contributed by atoms with van der Waals surface area (Å²) in [6, 6.07) is 0. The highest BCUT2D eigenvalue weighted by Crippen LogP contribution is 2.24. The quantitative estimate of drug-likeness (QED) is 0.816. The molecule has 0 radical (unpaired) electrons. The lowest BCUT2D eigenvalue weighted by molar-refractivity contribution is -0.147. The smallest absolute Gasteiger partial charge is 0.250 e. The van der Waals surface area contributed by atoms with Crippen molar-refractivity contribution in [3.63, 3.8) is 0 Å². The number of hydrogen-bond acceptors (Lipinski definition) is 6. The van der Waals surface area contributed by atoms with Gasteiger partial charge in [-0.05, 0) is 13.8 Å². The van der Waals surface area contributed by atoms with Crippen molar-refractivity contribution < 1.29 is 9.53 Å². The van der Waals surface area contributed by atoms with Gasteiger partial charge in [0.05, 0.1) is 25.0 Å². The highest BCUT2D eigenvalue weighted by Gasteiger charge is 2.37. The third-order valence-corrected chi connectivity index (χ3v) is 3.78. The summed E-state index contributed by atoms with van der Waals surface area (Å²) in [7, 11) is 0. The van der Waals surface area contributed by atoms with Crippen LogP contribution in [0.4, 0.5) is 0 Å². The van der Waals surface area contributed by atoms with Gasteiger partial charge in [0.15, 0.2) is 0 Å². The Morgan fingerprint density at radius 1 is 1.36 bits per heavy atom. The molecule has 3 rings (SSSR count). The number of morpholine rings is 1. The standard InChI is InChI=1S/C14H18N6O2/c1-14(2,20-10-16-9-18-20)13(21)19-5-6-22-12(8-19)11-7-15-3-4-17-11/h3-4,7,9-10,12H,5-6,8H2,1-2H3/t12-/m0/s1. The number of carbonyl (C=O) groups excluding carboxylic acids is 1. The van der Waals surface area contributed by atoms with Gasteiger partial charge in [0.1, 0.15) is 24.3 Å². The maximum absolute atomic E-state index is 12.8. The van der Waals surface area contributed by atoms with Crippen molar-refractivity contribution >= 4 is 5.91 Å². The van der Waals surface area contributed by atoms with E-state index < -0.39 is 5.54 Å². The van der Waals surface area contributed by atoms with Crippen molar-refractivity contribution in [2.45, 2.75) is 25.5 Å². The van der Waals surface area contributed by atoms with Crippen molar-refractivity contribution in [3.05, 3.63) is 36.9 Å². The second-order valence-corrected chi connectivity index (χ2v) is 5.64. The van der Waals surface area contributed by atoms with Gasteiger partial charge in [-0.3, -0.25) is 14.8 Å². The zero-order chi connectivity index (χ0) is 15.6. The molecule has 0 saturated carbocycles. The zero-order valence-electron chi connectivity index (χ0n) is 12.6. The van der Waals surface area contributed by atoms with Gasteiger partial charge in [0.25, 0.3) is 0 Å². The first-order valence-corrected chi connectivity index (χ1v) is 7.11. The third kappa shape index (κ3) is 2.69. The SMILES string of the molecule is CC(C)(C(=O)N1CCO[C@H](c2cnccn2)C1)n1cncn1. The first-order valence-electron chi connectivity index (χ1n) is 7.11. The number of hydrogen-bond donors (Lipinski definition) is 0. The number of ether oxygens (including phenoxy) is 1. The number of carbonyl (C=O) groups is 1. The topological polar surface area (TPSA) is 86.0 Å². The average molecular weight is 302 g/mol. The first-order chi connectivity index (χ1) is 10.6. The van der Waals surface area contributed by atoms with Gasteiger partial charge in [0, 0.05) is 18.9 Å². The lowest BCUT2D eigenvalue weighted by Gasteiger charge is -2.37. The van der Waals surface area contributed by atoms with Crippen molar-refractivity contribution in [3.8, 4) is 0 Å². The number of amides is 1. The molecule has 1 aliphatic heterocycles. The molecule has 0 N–H and O–H groups in total. The van der Waals surface area contributed by atoms with Gasteiger partial charge in [-0.1, -0.05) is 0 Å². The minimum atomic E-state index is -0.791. The number of aromatic nitrogens is 5. The molecule has 0 unspecified atom stereocenters. The van der Waals surface area contributed by atoms with Crippen molar-refractivity contribution in [2.24, 2.45) is 0 Å². The number of rotatable bonds is 3. The molecule has 1 saturated heterocycles. The van der Waals surface area contributed by atoms with Crippen LogP contribution in [0, 0.1) is 0 Å². The van der Waals surface area contributed by atoms with Crippen LogP contribution in [0.15, 0.2) is 31.2 Å². The minimum Gasteiger partial charge on any atom is -0.368 e. The molecule has 8 nitrogen and oxygen atoms in total. The fourth-order valence-corrected chi connectivity index (χ4v) is 2.47. The minimum absolute atomic E-state index is 0.0183. The van der Waals surface area contributed by atoms with E-state index >= 15 is 0 Å². The summed E-state index contributed by atoms with van der Waals surface area (Å²) in [5.41, 5.74) is -0.0561. The van der Waals surface area contributed by atoms with Crippen molar-refractivity contribution in [1.29, 1.82) is 0 Å². The molecule has 2 aromatic rings. The molecular formula is C14H18N6O2. The van der Waals surface area contributed by atoms with Crippen LogP contribution in [-0.2, 0) is 15.1 Å². The summed E-state index contributed by atoms with van der Waals surface area (Å²) >= 11 is 0. The van der Waals surface area contributed by atoms with Crippen LogP contribution in [0.25, 0.3) is 0 Å². The van der Waals surface area contributed by atoms with Crippen LogP contribution in [0.3, 0.4) is 0 Å². The molecule has 1 fully saturated rings. The Kier molecular flexibility index (Phi) is 3.84. The van der Waals surface area contributed by atoms with Crippen LogP contribution >= 0.6 is 0 Å². The van der Waals surface area contributed by atoms with Crippen LogP contribution in [0.5, 0.6) is 0 Å². The molecule has 22 heavy (non-hydrogen) atoms. The molecule has 2 aromatic heterocycles. The molecule has 0 aliphatic carbocycles. The van der Waals surface area contributed by atoms with E-state index in [2.05, 4.69) is 20.1 Å². The Morgan fingerprint density at radius 3 is 2.91 bits per heavy atom. The predicted octanol–water partition coefficient (Wildman–Crippen LogP) is 0.403. The monoisotopic (exact) mass is 302 g/mol. The van der Waals surface area contributed by atoms with E-state index in [0.717, 1.165) is 5.69 Å². The summed E-state index contributed by atoms with van der Waals surface area (Å²) in [4.78, 5) is 26.8. The first kappa shape index (κ1) is 14.6. The Balaban J connectivity index is 1.76. The van der Waals surface area contributed by atoms with Crippen LogP contribution in [-0.4, -0.2) is 55.2 Å². The van der Waals surface area contributed by atoms with Gasteiger partial charge >= 0.3 is 0 Å². The average Bonchev–Trinajstić information content (AvgIpc) is 3.10. The van der Waals surface area contributed by atoms with Crippen LogP contribution in [0.1, 0.15) is 25.6 Å². The van der Waals surface area contributed by atoms with Crippen molar-refractivity contribution in [2.75, 3.05) is 19.7 Å². The fraction of sp³-hybridized carbons (Fsp3) is 0.500. The molecule has 0 aromatic carbocycles. The fourth-order valence-electron chi connectivity index (χ4n) is 2.47. The van der Waals surface area contributed by atoms with Crippen LogP contribution in [0.2, 0.25) is 0 Å². The summed E-state index contributed by atoms with van der Waals surface area (Å²) in [5, 5.41) is 4.09. The Bertz CT molecular complexity index is 628. The summed E-state index contributed by atoms with van der Waals surface area (Å²) < 4.78 is 7.29. The lowest BCUT2D eigenvalue weighted by atomic mass is 10.0. The maximum atomic E-state index is 12.8. The molecular weight excluding hydrogens is 284 g/mol. The molecule has 3 heterocycles. The molecule has 1 atom stereocenters. The normalized spacial score (nSPS) is 19.2. The van der Waals surface area contributed by atoms with E-state index in [1.54, 1.807) is 34.5 Å². The van der Waals surface area contributed by atoms with Crippen LogP contribution < -0.4 is 0 Å². The molecule has 0 bridgehead atoms. The Morgan fingerprint density at radius 2 is 2.23 bits per heavy atom. The molecule has 8 heteroatoms. The van der Waals surface area contributed by atoms with Gasteiger partial charge in [-0.15, -0.1) is 0 Å². The zero-order valence-corrected chi connectivity index (χ0v) is 12.6. The Labute approximate surface area is 128 Å². The molecule has 116 valence electrons. The van der Waals surface area contributed by atoms with Gasteiger partial charge < -0.3 is 9.64 Å². The highest BCUT2D eigenvalue weighted by atomic mass is 16.5. The second kappa shape index (κ2) is 5.80. The molecule has 0 spiro atoms. The van der Waals surface area contributed by atoms with E-state index in [9.17, 15) is 4.79 Å².